The molecule has 3 aromatic rings. The molecule has 9 heteroatoms. The molecule has 0 radical (unpaired) electrons. The second-order valence-electron chi connectivity index (χ2n) is 7.42. The third-order valence-corrected chi connectivity index (χ3v) is 5.02. The highest BCUT2D eigenvalue weighted by Gasteiger charge is 2.26. The summed E-state index contributed by atoms with van der Waals surface area (Å²) >= 11 is 0. The summed E-state index contributed by atoms with van der Waals surface area (Å²) < 4.78 is 35.0. The zero-order valence-electron chi connectivity index (χ0n) is 17.2. The van der Waals surface area contributed by atoms with Crippen LogP contribution in [0.15, 0.2) is 60.7 Å². The van der Waals surface area contributed by atoms with Crippen LogP contribution in [0.3, 0.4) is 0 Å². The molecule has 0 aliphatic carbocycles. The summed E-state index contributed by atoms with van der Waals surface area (Å²) in [7, 11) is 1.64. The van der Waals surface area contributed by atoms with Gasteiger partial charge < -0.3 is 9.84 Å². The number of carbonyl (C=O) groups excluding carboxylic acids is 1. The average molecular weight is 438 g/mol. The molecule has 1 saturated heterocycles. The normalized spacial score (nSPS) is 18.6. The average Bonchev–Trinajstić information content (AvgIpc) is 3.16. The lowest BCUT2D eigenvalue weighted by Gasteiger charge is -2.23. The number of nitrogens with zero attached hydrogens (tertiary/aromatic N) is 4. The Balaban J connectivity index is 1.93. The Bertz CT molecular complexity index is 1160. The summed E-state index contributed by atoms with van der Waals surface area (Å²) in [6, 6.07) is 11.8. The maximum atomic E-state index is 14.1. The second kappa shape index (κ2) is 9.19. The molecule has 2 atom stereocenters. The molecule has 1 aromatic heterocycles. The molecule has 1 aliphatic rings. The molecule has 1 aliphatic heterocycles. The van der Waals surface area contributed by atoms with Crippen LogP contribution in [0.4, 0.5) is 8.78 Å². The van der Waals surface area contributed by atoms with Crippen molar-refractivity contribution in [2.75, 3.05) is 0 Å². The first kappa shape index (κ1) is 21.5. The van der Waals surface area contributed by atoms with Crippen molar-refractivity contribution < 1.29 is 23.4 Å². The fraction of sp³-hybridized carbons (Fsp3) is 0.217. The maximum Gasteiger partial charge on any atom is 0.309 e. The first-order valence-electron chi connectivity index (χ1n) is 9.95. The molecule has 2 aromatic carbocycles. The molecule has 32 heavy (non-hydrogen) atoms. The highest BCUT2D eigenvalue weighted by atomic mass is 19.1. The predicted octanol–water partition coefficient (Wildman–Crippen LogP) is 3.07. The number of tetrazole rings is 1. The van der Waals surface area contributed by atoms with E-state index in [1.807, 2.05) is 0 Å². The van der Waals surface area contributed by atoms with E-state index in [0.717, 1.165) is 0 Å². The minimum absolute atomic E-state index is 0.0575. The smallest absolute Gasteiger partial charge is 0.309 e. The van der Waals surface area contributed by atoms with Gasteiger partial charge >= 0.3 is 5.97 Å². The van der Waals surface area contributed by atoms with E-state index in [4.69, 9.17) is 4.74 Å². The molecule has 1 N–H and O–H groups in total. The van der Waals surface area contributed by atoms with Gasteiger partial charge in [-0.25, -0.2) is 13.5 Å². The first-order valence-corrected chi connectivity index (χ1v) is 9.95. The Morgan fingerprint density at radius 3 is 2.34 bits per heavy atom. The molecule has 2 heterocycles. The number of aliphatic hydroxyl groups is 1. The SMILES string of the molecule is Cn1nnnc1C(/C=C/[C@@H]1C[C@@H](O)CC(=O)O1)=C(c1cccc(F)c1)c1cccc(F)c1. The van der Waals surface area contributed by atoms with Crippen molar-refractivity contribution >= 4 is 17.1 Å². The number of aliphatic hydroxyl groups excluding tert-OH is 1. The van der Waals surface area contributed by atoms with Crippen molar-refractivity contribution in [2.45, 2.75) is 25.0 Å². The van der Waals surface area contributed by atoms with Gasteiger partial charge in [0.2, 0.25) is 0 Å². The Morgan fingerprint density at radius 1 is 1.16 bits per heavy atom. The highest BCUT2D eigenvalue weighted by molar-refractivity contribution is 6.00. The van der Waals surface area contributed by atoms with Crippen molar-refractivity contribution in [1.29, 1.82) is 0 Å². The fourth-order valence-electron chi connectivity index (χ4n) is 3.62. The fourth-order valence-corrected chi connectivity index (χ4v) is 3.62. The molecule has 4 rings (SSSR count). The van der Waals surface area contributed by atoms with Crippen LogP contribution in [0.25, 0.3) is 11.1 Å². The Morgan fingerprint density at radius 2 is 1.81 bits per heavy atom. The number of cyclic esters (lactones) is 1. The molecule has 0 saturated carbocycles. The van der Waals surface area contributed by atoms with E-state index < -0.39 is 29.8 Å². The molecular weight excluding hydrogens is 418 g/mol. The van der Waals surface area contributed by atoms with Gasteiger partial charge in [-0.15, -0.1) is 5.10 Å². The highest BCUT2D eigenvalue weighted by Crippen LogP contribution is 2.33. The van der Waals surface area contributed by atoms with E-state index in [1.54, 1.807) is 43.5 Å². The lowest BCUT2D eigenvalue weighted by atomic mass is 9.91. The maximum absolute atomic E-state index is 14.1. The van der Waals surface area contributed by atoms with Crippen LogP contribution in [0.1, 0.15) is 29.8 Å². The number of esters is 1. The van der Waals surface area contributed by atoms with Gasteiger partial charge in [0.15, 0.2) is 5.82 Å². The van der Waals surface area contributed by atoms with Gasteiger partial charge in [0.05, 0.1) is 12.5 Å². The van der Waals surface area contributed by atoms with Crippen LogP contribution in [-0.4, -0.2) is 43.5 Å². The summed E-state index contributed by atoms with van der Waals surface area (Å²) in [5.41, 5.74) is 1.92. The van der Waals surface area contributed by atoms with Gasteiger partial charge in [-0.1, -0.05) is 30.3 Å². The van der Waals surface area contributed by atoms with Gasteiger partial charge in [0, 0.05) is 24.6 Å². The molecule has 0 bridgehead atoms. The number of benzene rings is 2. The number of halogens is 2. The zero-order valence-corrected chi connectivity index (χ0v) is 17.2. The monoisotopic (exact) mass is 438 g/mol. The number of hydrogen-bond acceptors (Lipinski definition) is 6. The summed E-state index contributed by atoms with van der Waals surface area (Å²) in [5, 5.41) is 21.5. The van der Waals surface area contributed by atoms with E-state index in [9.17, 15) is 18.7 Å². The molecule has 7 nitrogen and oxygen atoms in total. The van der Waals surface area contributed by atoms with Gasteiger partial charge in [-0.3, -0.25) is 4.79 Å². The summed E-state index contributed by atoms with van der Waals surface area (Å²) in [4.78, 5) is 11.7. The van der Waals surface area contributed by atoms with Crippen LogP contribution >= 0.6 is 0 Å². The minimum atomic E-state index is -0.805. The first-order chi connectivity index (χ1) is 15.4. The third kappa shape index (κ3) is 4.78. The van der Waals surface area contributed by atoms with Crippen LogP contribution < -0.4 is 0 Å². The Kier molecular flexibility index (Phi) is 6.18. The number of aromatic nitrogens is 4. The van der Waals surface area contributed by atoms with E-state index in [1.165, 1.54) is 28.9 Å². The largest absolute Gasteiger partial charge is 0.458 e. The van der Waals surface area contributed by atoms with Crippen molar-refractivity contribution in [3.05, 3.63) is 89.3 Å². The molecular formula is C23H20F2N4O3. The Hall–Kier alpha value is -3.72. The van der Waals surface area contributed by atoms with E-state index in [-0.39, 0.29) is 12.8 Å². The van der Waals surface area contributed by atoms with Gasteiger partial charge in [0.1, 0.15) is 17.7 Å². The van der Waals surface area contributed by atoms with Crippen molar-refractivity contribution in [3.63, 3.8) is 0 Å². The molecule has 1 fully saturated rings. The molecule has 0 amide bonds. The van der Waals surface area contributed by atoms with Gasteiger partial charge in [-0.2, -0.15) is 0 Å². The summed E-state index contributed by atoms with van der Waals surface area (Å²) in [6.45, 7) is 0. The van der Waals surface area contributed by atoms with Crippen LogP contribution in [0, 0.1) is 11.6 Å². The van der Waals surface area contributed by atoms with E-state index in [0.29, 0.717) is 28.1 Å². The lowest BCUT2D eigenvalue weighted by Crippen LogP contribution is -2.31. The summed E-state index contributed by atoms with van der Waals surface area (Å²) in [5.74, 6) is -1.08. The van der Waals surface area contributed by atoms with Crippen molar-refractivity contribution in [3.8, 4) is 0 Å². The quantitative estimate of drug-likeness (QED) is 0.487. The van der Waals surface area contributed by atoms with Crippen molar-refractivity contribution in [2.24, 2.45) is 7.05 Å². The number of allylic oxidation sites excluding steroid dienone is 2. The predicted molar refractivity (Wildman–Crippen MR) is 112 cm³/mol. The number of ether oxygens (including phenoxy) is 1. The number of aryl methyl sites for hydroxylation is 1. The number of rotatable bonds is 5. The van der Waals surface area contributed by atoms with E-state index in [2.05, 4.69) is 15.5 Å². The molecule has 0 unspecified atom stereocenters. The minimum Gasteiger partial charge on any atom is -0.458 e. The van der Waals surface area contributed by atoms with Gasteiger partial charge in [0.25, 0.3) is 0 Å². The van der Waals surface area contributed by atoms with Crippen LogP contribution in [0.5, 0.6) is 0 Å². The third-order valence-electron chi connectivity index (χ3n) is 5.02. The standard InChI is InChI=1S/C23H20F2N4O3/c1-29-23(26-27-28-29)20(9-8-19-12-18(30)13-21(31)32-19)22(14-4-2-6-16(24)10-14)15-5-3-7-17(25)11-15/h2-11,18-19,30H,12-13H2,1H3/b9-8+/t18-,19-/m1/s1. The number of carbonyl (C=O) groups is 1. The second-order valence-corrected chi connectivity index (χ2v) is 7.42. The lowest BCUT2D eigenvalue weighted by molar-refractivity contribution is -0.156. The van der Waals surface area contributed by atoms with Gasteiger partial charge in [-0.05, 0) is 51.9 Å². The van der Waals surface area contributed by atoms with Crippen LogP contribution in [0.2, 0.25) is 0 Å². The van der Waals surface area contributed by atoms with E-state index >= 15 is 0 Å². The molecule has 0 spiro atoms. The van der Waals surface area contributed by atoms with Crippen LogP contribution in [-0.2, 0) is 16.6 Å². The zero-order chi connectivity index (χ0) is 22.7. The Labute approximate surface area is 182 Å². The van der Waals surface area contributed by atoms with Crippen molar-refractivity contribution in [1.82, 2.24) is 20.2 Å². The number of hydrogen-bond donors (Lipinski definition) is 1. The molecule has 164 valence electrons. The summed E-state index contributed by atoms with van der Waals surface area (Å²) in [6.07, 6.45) is 1.97. The topological polar surface area (TPSA) is 90.1 Å².